The Hall–Kier alpha value is -0.450. The van der Waals surface area contributed by atoms with E-state index in [2.05, 4.69) is 6.58 Å². The van der Waals surface area contributed by atoms with E-state index in [1.807, 2.05) is 41.5 Å². The smallest absolute Gasteiger partial charge is 0.156 e. The van der Waals surface area contributed by atoms with Gasteiger partial charge in [0.1, 0.15) is 12.2 Å². The van der Waals surface area contributed by atoms with Crippen LogP contribution >= 0.6 is 0 Å². The number of aliphatic hydroxyl groups is 1. The highest BCUT2D eigenvalue weighted by atomic mass is 19.1. The zero-order valence-electron chi connectivity index (χ0n) is 12.9. The van der Waals surface area contributed by atoms with Crippen molar-refractivity contribution in [1.29, 1.82) is 0 Å². The van der Waals surface area contributed by atoms with Crippen molar-refractivity contribution in [3.8, 4) is 0 Å². The normalized spacial score (nSPS) is 32.9. The van der Waals surface area contributed by atoms with Gasteiger partial charge in [0.2, 0.25) is 0 Å². The highest BCUT2D eigenvalue weighted by Crippen LogP contribution is 2.38. The van der Waals surface area contributed by atoms with Crippen molar-refractivity contribution in [2.24, 2.45) is 5.92 Å². The number of alkyl halides is 1. The third-order valence-electron chi connectivity index (χ3n) is 3.05. The number of halogens is 1. The van der Waals surface area contributed by atoms with E-state index in [0.29, 0.717) is 12.2 Å². The molecule has 19 heavy (non-hydrogen) atoms. The van der Waals surface area contributed by atoms with Crippen molar-refractivity contribution >= 4 is 0 Å². The molecule has 1 fully saturated rings. The molecule has 0 aromatic carbocycles. The van der Waals surface area contributed by atoms with Crippen LogP contribution in [0.4, 0.5) is 4.39 Å². The minimum atomic E-state index is -1.44. The summed E-state index contributed by atoms with van der Waals surface area (Å²) in [6.07, 6.45) is -3.31. The summed E-state index contributed by atoms with van der Waals surface area (Å²) in [6, 6.07) is 0. The average molecular weight is 274 g/mol. The topological polar surface area (TPSA) is 38.7 Å². The molecule has 0 heterocycles. The van der Waals surface area contributed by atoms with Crippen molar-refractivity contribution in [3.63, 3.8) is 0 Å². The molecule has 0 radical (unpaired) electrons. The molecule has 0 aliphatic heterocycles. The fourth-order valence-corrected chi connectivity index (χ4v) is 2.13. The molecule has 0 spiro atoms. The highest BCUT2D eigenvalue weighted by molar-refractivity contribution is 5.21. The molecular weight excluding hydrogens is 247 g/mol. The first kappa shape index (κ1) is 16.6. The summed E-state index contributed by atoms with van der Waals surface area (Å²) >= 11 is 0. The van der Waals surface area contributed by atoms with Crippen molar-refractivity contribution < 1.29 is 19.0 Å². The van der Waals surface area contributed by atoms with Crippen molar-refractivity contribution in [1.82, 2.24) is 0 Å². The van der Waals surface area contributed by atoms with E-state index in [4.69, 9.17) is 9.47 Å². The molecule has 1 aliphatic rings. The molecule has 1 saturated carbocycles. The van der Waals surface area contributed by atoms with Crippen LogP contribution in [0.5, 0.6) is 0 Å². The Balaban J connectivity index is 2.81. The van der Waals surface area contributed by atoms with Gasteiger partial charge in [0, 0.05) is 5.92 Å². The number of hydrogen-bond donors (Lipinski definition) is 1. The van der Waals surface area contributed by atoms with E-state index < -0.39 is 24.0 Å². The SMILES string of the molecule is C=C1[C@H](O)[C@@H](F)[C@H](OC(C)(C)C)[C@H]1COC(C)(C)C. The van der Waals surface area contributed by atoms with Crippen LogP contribution in [0.3, 0.4) is 0 Å². The molecule has 0 unspecified atom stereocenters. The van der Waals surface area contributed by atoms with Gasteiger partial charge in [-0.2, -0.15) is 0 Å². The van der Waals surface area contributed by atoms with Crippen LogP contribution in [0.1, 0.15) is 41.5 Å². The van der Waals surface area contributed by atoms with Crippen LogP contribution in [-0.2, 0) is 9.47 Å². The first-order valence-electron chi connectivity index (χ1n) is 6.75. The van der Waals surface area contributed by atoms with Gasteiger partial charge in [0.25, 0.3) is 0 Å². The summed E-state index contributed by atoms with van der Waals surface area (Å²) in [5.74, 6) is -0.316. The van der Waals surface area contributed by atoms with Gasteiger partial charge in [-0.1, -0.05) is 6.58 Å². The quantitative estimate of drug-likeness (QED) is 0.804. The third-order valence-corrected chi connectivity index (χ3v) is 3.05. The molecule has 4 atom stereocenters. The second kappa shape index (κ2) is 5.51. The van der Waals surface area contributed by atoms with Gasteiger partial charge in [0.05, 0.1) is 17.8 Å². The van der Waals surface area contributed by atoms with Crippen LogP contribution in [0, 0.1) is 5.92 Å². The van der Waals surface area contributed by atoms with Gasteiger partial charge in [-0.05, 0) is 47.1 Å². The van der Waals surface area contributed by atoms with Crippen LogP contribution in [0.2, 0.25) is 0 Å². The zero-order valence-corrected chi connectivity index (χ0v) is 12.9. The molecule has 4 heteroatoms. The van der Waals surface area contributed by atoms with Gasteiger partial charge in [-0.3, -0.25) is 0 Å². The summed E-state index contributed by atoms with van der Waals surface area (Å²) in [5, 5.41) is 9.82. The maximum atomic E-state index is 14.1. The predicted octanol–water partition coefficient (Wildman–Crippen LogP) is 2.87. The van der Waals surface area contributed by atoms with Gasteiger partial charge in [0.15, 0.2) is 6.17 Å². The highest BCUT2D eigenvalue weighted by Gasteiger charge is 2.48. The Morgan fingerprint density at radius 3 is 2.11 bits per heavy atom. The Bertz CT molecular complexity index is 327. The van der Waals surface area contributed by atoms with Gasteiger partial charge < -0.3 is 14.6 Å². The largest absolute Gasteiger partial charge is 0.386 e. The monoisotopic (exact) mass is 274 g/mol. The molecule has 1 aliphatic carbocycles. The van der Waals surface area contributed by atoms with E-state index in [9.17, 15) is 9.50 Å². The molecule has 0 aromatic heterocycles. The van der Waals surface area contributed by atoms with Crippen LogP contribution in [0.25, 0.3) is 0 Å². The second-order valence-electron chi connectivity index (χ2n) is 7.19. The van der Waals surface area contributed by atoms with E-state index in [-0.39, 0.29) is 11.5 Å². The van der Waals surface area contributed by atoms with Gasteiger partial charge >= 0.3 is 0 Å². The van der Waals surface area contributed by atoms with E-state index in [0.717, 1.165) is 0 Å². The van der Waals surface area contributed by atoms with Gasteiger partial charge in [-0.15, -0.1) is 0 Å². The van der Waals surface area contributed by atoms with Crippen molar-refractivity contribution in [3.05, 3.63) is 12.2 Å². The van der Waals surface area contributed by atoms with E-state index in [1.165, 1.54) is 0 Å². The Morgan fingerprint density at radius 1 is 1.16 bits per heavy atom. The Kier molecular flexibility index (Phi) is 4.81. The molecular formula is C15H27FO3. The van der Waals surface area contributed by atoms with E-state index >= 15 is 0 Å². The van der Waals surface area contributed by atoms with Crippen LogP contribution < -0.4 is 0 Å². The number of rotatable bonds is 3. The standard InChI is InChI=1S/C15H27FO3/c1-9-10(8-18-14(2,3)4)13(11(16)12(9)17)19-15(5,6)7/h10-13,17H,1,8H2,2-7H3/t10-,11+,12-,13+/m0/s1. The minimum absolute atomic E-state index is 0.306. The summed E-state index contributed by atoms with van der Waals surface area (Å²) in [7, 11) is 0. The average Bonchev–Trinajstić information content (AvgIpc) is 2.38. The maximum absolute atomic E-state index is 14.1. The molecule has 1 N–H and O–H groups in total. The summed E-state index contributed by atoms with van der Waals surface area (Å²) in [5.41, 5.74) is -0.323. The van der Waals surface area contributed by atoms with E-state index in [1.54, 1.807) is 0 Å². The second-order valence-corrected chi connectivity index (χ2v) is 7.19. The summed E-state index contributed by atoms with van der Waals surface area (Å²) < 4.78 is 25.6. The minimum Gasteiger partial charge on any atom is -0.386 e. The number of aliphatic hydroxyl groups excluding tert-OH is 1. The predicted molar refractivity (Wildman–Crippen MR) is 73.9 cm³/mol. The molecule has 112 valence electrons. The fraction of sp³-hybridized carbons (Fsp3) is 0.867. The third kappa shape index (κ3) is 4.55. The van der Waals surface area contributed by atoms with Crippen LogP contribution in [0.15, 0.2) is 12.2 Å². The molecule has 0 amide bonds. The number of ether oxygens (including phenoxy) is 2. The molecule has 1 rings (SSSR count). The lowest BCUT2D eigenvalue weighted by Gasteiger charge is -2.31. The van der Waals surface area contributed by atoms with Crippen molar-refractivity contribution in [2.45, 2.75) is 71.1 Å². The van der Waals surface area contributed by atoms with Gasteiger partial charge in [-0.25, -0.2) is 4.39 Å². The lowest BCUT2D eigenvalue weighted by Crippen LogP contribution is -2.38. The molecule has 3 nitrogen and oxygen atoms in total. The first-order valence-corrected chi connectivity index (χ1v) is 6.75. The Morgan fingerprint density at radius 2 is 1.68 bits per heavy atom. The lowest BCUT2D eigenvalue weighted by atomic mass is 10.0. The maximum Gasteiger partial charge on any atom is 0.156 e. The van der Waals surface area contributed by atoms with Crippen LogP contribution in [-0.4, -0.2) is 41.3 Å². The Labute approximate surface area is 115 Å². The first-order chi connectivity index (χ1) is 8.42. The lowest BCUT2D eigenvalue weighted by molar-refractivity contribution is -0.122. The number of hydrogen-bond acceptors (Lipinski definition) is 3. The molecule has 0 saturated heterocycles. The molecule has 0 bridgehead atoms. The van der Waals surface area contributed by atoms with Crippen molar-refractivity contribution in [2.75, 3.05) is 6.61 Å². The molecule has 0 aromatic rings. The zero-order chi connectivity index (χ0) is 15.0. The fourth-order valence-electron chi connectivity index (χ4n) is 2.13. The summed E-state index contributed by atoms with van der Waals surface area (Å²) in [4.78, 5) is 0. The summed E-state index contributed by atoms with van der Waals surface area (Å²) in [6.45, 7) is 15.5.